The number of carboxylic acids is 1. The van der Waals surface area contributed by atoms with Crippen molar-refractivity contribution in [3.05, 3.63) is 52.7 Å². The van der Waals surface area contributed by atoms with E-state index in [1.165, 1.54) is 16.8 Å². The van der Waals surface area contributed by atoms with Gasteiger partial charge in [-0.05, 0) is 17.7 Å². The summed E-state index contributed by atoms with van der Waals surface area (Å²) < 4.78 is 6.79. The molecule has 0 bridgehead atoms. The number of hydrogen-bond donors (Lipinski definition) is 2. The van der Waals surface area contributed by atoms with Crippen LogP contribution in [0.25, 0.3) is 5.65 Å². The van der Waals surface area contributed by atoms with Gasteiger partial charge in [0.05, 0.1) is 6.42 Å². The van der Waals surface area contributed by atoms with E-state index in [9.17, 15) is 9.59 Å². The Morgan fingerprint density at radius 3 is 3.05 bits per heavy atom. The van der Waals surface area contributed by atoms with E-state index in [2.05, 4.69) is 15.2 Å². The summed E-state index contributed by atoms with van der Waals surface area (Å²) in [6.07, 6.45) is 1.22. The molecule has 0 radical (unpaired) electrons. The maximum atomic E-state index is 11.3. The van der Waals surface area contributed by atoms with Crippen LogP contribution in [0.1, 0.15) is 5.56 Å². The molecule has 2 heterocycles. The van der Waals surface area contributed by atoms with Crippen molar-refractivity contribution in [3.63, 3.8) is 0 Å². The van der Waals surface area contributed by atoms with Crippen LogP contribution in [-0.4, -0.2) is 30.7 Å². The summed E-state index contributed by atoms with van der Waals surface area (Å²) in [5, 5.41) is 14.9. The summed E-state index contributed by atoms with van der Waals surface area (Å²) >= 11 is 0. The summed E-state index contributed by atoms with van der Waals surface area (Å²) in [4.78, 5) is 26.0. The van der Waals surface area contributed by atoms with Gasteiger partial charge in [-0.1, -0.05) is 12.1 Å². The first-order chi connectivity index (χ1) is 10.1. The lowest BCUT2D eigenvalue weighted by molar-refractivity contribution is -0.136. The van der Waals surface area contributed by atoms with Crippen molar-refractivity contribution in [2.24, 2.45) is 0 Å². The fourth-order valence-electron chi connectivity index (χ4n) is 1.86. The Morgan fingerprint density at radius 2 is 2.24 bits per heavy atom. The third kappa shape index (κ3) is 2.73. The van der Waals surface area contributed by atoms with Gasteiger partial charge in [-0.25, -0.2) is 19.3 Å². The van der Waals surface area contributed by atoms with Crippen molar-refractivity contribution in [1.29, 1.82) is 0 Å². The maximum absolute atomic E-state index is 11.3. The third-order valence-corrected chi connectivity index (χ3v) is 2.76. The number of aromatic nitrogens is 4. The molecule has 0 saturated carbocycles. The third-order valence-electron chi connectivity index (χ3n) is 2.76. The molecule has 0 unspecified atom stereocenters. The SMILES string of the molecule is O=C(O)Cc1cccc(Oc2cc3n[nH]c(=O)n3cn2)c1. The zero-order chi connectivity index (χ0) is 14.8. The Labute approximate surface area is 117 Å². The average Bonchev–Trinajstić information content (AvgIpc) is 2.80. The van der Waals surface area contributed by atoms with Gasteiger partial charge in [0.1, 0.15) is 12.1 Å². The molecule has 0 aliphatic rings. The van der Waals surface area contributed by atoms with Gasteiger partial charge in [0.2, 0.25) is 5.88 Å². The molecule has 0 saturated heterocycles. The van der Waals surface area contributed by atoms with Gasteiger partial charge in [0.15, 0.2) is 5.65 Å². The number of benzene rings is 1. The van der Waals surface area contributed by atoms with Crippen LogP contribution in [0.2, 0.25) is 0 Å². The first kappa shape index (κ1) is 12.9. The zero-order valence-electron chi connectivity index (χ0n) is 10.7. The van der Waals surface area contributed by atoms with Crippen LogP contribution in [0.15, 0.2) is 41.5 Å². The van der Waals surface area contributed by atoms with Crippen LogP contribution in [0.5, 0.6) is 11.6 Å². The van der Waals surface area contributed by atoms with E-state index in [0.717, 1.165) is 0 Å². The molecule has 8 heteroatoms. The minimum absolute atomic E-state index is 0.0849. The van der Waals surface area contributed by atoms with E-state index < -0.39 is 5.97 Å². The maximum Gasteiger partial charge on any atom is 0.348 e. The van der Waals surface area contributed by atoms with Crippen LogP contribution in [0.3, 0.4) is 0 Å². The number of carbonyl (C=O) groups is 1. The number of rotatable bonds is 4. The van der Waals surface area contributed by atoms with E-state index in [-0.39, 0.29) is 18.0 Å². The molecule has 8 nitrogen and oxygen atoms in total. The van der Waals surface area contributed by atoms with E-state index in [1.54, 1.807) is 24.3 Å². The van der Waals surface area contributed by atoms with Crippen LogP contribution in [0, 0.1) is 0 Å². The normalized spacial score (nSPS) is 10.7. The minimum atomic E-state index is -0.914. The predicted octanol–water partition coefficient (Wildman–Crippen LogP) is 0.837. The Balaban J connectivity index is 1.87. The van der Waals surface area contributed by atoms with E-state index in [0.29, 0.717) is 17.0 Å². The zero-order valence-corrected chi connectivity index (χ0v) is 10.7. The van der Waals surface area contributed by atoms with Gasteiger partial charge in [0, 0.05) is 6.07 Å². The highest BCUT2D eigenvalue weighted by molar-refractivity contribution is 5.70. The van der Waals surface area contributed by atoms with Crippen molar-refractivity contribution in [3.8, 4) is 11.6 Å². The Morgan fingerprint density at radius 1 is 1.38 bits per heavy atom. The number of H-pyrrole nitrogens is 1. The fourth-order valence-corrected chi connectivity index (χ4v) is 1.86. The molecule has 2 aromatic heterocycles. The van der Waals surface area contributed by atoms with Crippen molar-refractivity contribution in [2.45, 2.75) is 6.42 Å². The topological polar surface area (TPSA) is 110 Å². The van der Waals surface area contributed by atoms with E-state index in [1.807, 2.05) is 0 Å². The smallest absolute Gasteiger partial charge is 0.348 e. The summed E-state index contributed by atoms with van der Waals surface area (Å²) in [5.41, 5.74) is 0.622. The van der Waals surface area contributed by atoms with Crippen molar-refractivity contribution in [2.75, 3.05) is 0 Å². The van der Waals surface area contributed by atoms with Gasteiger partial charge in [-0.2, -0.15) is 5.10 Å². The van der Waals surface area contributed by atoms with Crippen molar-refractivity contribution < 1.29 is 14.6 Å². The minimum Gasteiger partial charge on any atom is -0.481 e. The van der Waals surface area contributed by atoms with Crippen LogP contribution in [-0.2, 0) is 11.2 Å². The number of carboxylic acid groups (broad SMARTS) is 1. The molecule has 3 rings (SSSR count). The summed E-state index contributed by atoms with van der Waals surface area (Å²) in [5.74, 6) is -0.194. The van der Waals surface area contributed by atoms with Crippen LogP contribution >= 0.6 is 0 Å². The molecule has 0 amide bonds. The van der Waals surface area contributed by atoms with Gasteiger partial charge in [-0.15, -0.1) is 0 Å². The number of aromatic amines is 1. The monoisotopic (exact) mass is 286 g/mol. The van der Waals surface area contributed by atoms with Crippen molar-refractivity contribution >= 4 is 11.6 Å². The molecule has 3 aromatic rings. The van der Waals surface area contributed by atoms with E-state index >= 15 is 0 Å². The van der Waals surface area contributed by atoms with Crippen LogP contribution in [0.4, 0.5) is 0 Å². The number of nitrogens with zero attached hydrogens (tertiary/aromatic N) is 3. The highest BCUT2D eigenvalue weighted by atomic mass is 16.5. The largest absolute Gasteiger partial charge is 0.481 e. The molecular formula is C13H10N4O4. The second-order valence-electron chi connectivity index (χ2n) is 4.30. The molecule has 0 aliphatic carbocycles. The second-order valence-corrected chi connectivity index (χ2v) is 4.30. The van der Waals surface area contributed by atoms with Crippen molar-refractivity contribution in [1.82, 2.24) is 19.6 Å². The fraction of sp³-hybridized carbons (Fsp3) is 0.0769. The first-order valence-corrected chi connectivity index (χ1v) is 6.03. The number of nitrogens with one attached hydrogen (secondary N) is 1. The number of ether oxygens (including phenoxy) is 1. The lowest BCUT2D eigenvalue weighted by atomic mass is 10.1. The molecule has 0 spiro atoms. The Bertz CT molecular complexity index is 868. The number of fused-ring (bicyclic) bond motifs is 1. The average molecular weight is 286 g/mol. The molecule has 0 aliphatic heterocycles. The molecule has 21 heavy (non-hydrogen) atoms. The Kier molecular flexibility index (Phi) is 3.11. The lowest BCUT2D eigenvalue weighted by Gasteiger charge is -2.05. The standard InChI is InChI=1S/C13H10N4O4/c18-12(19)5-8-2-1-3-9(4-8)21-11-6-10-15-16-13(20)17(10)7-14-11/h1-4,6-7H,5H2,(H,16,20)(H,18,19). The van der Waals surface area contributed by atoms with Crippen LogP contribution < -0.4 is 10.4 Å². The molecular weight excluding hydrogens is 276 g/mol. The first-order valence-electron chi connectivity index (χ1n) is 6.03. The van der Waals surface area contributed by atoms with Gasteiger partial charge >= 0.3 is 11.7 Å². The second kappa shape index (κ2) is 5.08. The number of hydrogen-bond acceptors (Lipinski definition) is 5. The quantitative estimate of drug-likeness (QED) is 0.735. The summed E-state index contributed by atoms with van der Waals surface area (Å²) in [6.45, 7) is 0. The molecule has 106 valence electrons. The summed E-state index contributed by atoms with van der Waals surface area (Å²) in [7, 11) is 0. The van der Waals surface area contributed by atoms with Gasteiger partial charge < -0.3 is 9.84 Å². The lowest BCUT2D eigenvalue weighted by Crippen LogP contribution is -2.09. The predicted molar refractivity (Wildman–Crippen MR) is 71.5 cm³/mol. The molecule has 2 N–H and O–H groups in total. The number of aliphatic carboxylic acids is 1. The molecule has 0 atom stereocenters. The summed E-state index contributed by atoms with van der Waals surface area (Å²) in [6, 6.07) is 8.21. The van der Waals surface area contributed by atoms with E-state index in [4.69, 9.17) is 9.84 Å². The Hall–Kier alpha value is -3.16. The van der Waals surface area contributed by atoms with Gasteiger partial charge in [-0.3, -0.25) is 4.79 Å². The van der Waals surface area contributed by atoms with Gasteiger partial charge in [0.25, 0.3) is 0 Å². The molecule has 0 fully saturated rings. The highest BCUT2D eigenvalue weighted by Crippen LogP contribution is 2.21. The molecule has 1 aromatic carbocycles. The highest BCUT2D eigenvalue weighted by Gasteiger charge is 2.06.